The van der Waals surface area contributed by atoms with Gasteiger partial charge in [-0.2, -0.15) is 0 Å². The lowest BCUT2D eigenvalue weighted by molar-refractivity contribution is -0.177. The zero-order valence-electron chi connectivity index (χ0n) is 23.3. The van der Waals surface area contributed by atoms with Crippen LogP contribution in [0.25, 0.3) is 0 Å². The number of rotatable bonds is 0. The lowest BCUT2D eigenvalue weighted by atomic mass is 9.46. The van der Waals surface area contributed by atoms with E-state index in [9.17, 15) is 30.0 Å². The van der Waals surface area contributed by atoms with Crippen LogP contribution in [0.4, 0.5) is 0 Å². The van der Waals surface area contributed by atoms with Crippen LogP contribution in [0.2, 0.25) is 0 Å². The minimum Gasteiger partial charge on any atom is -0.504 e. The van der Waals surface area contributed by atoms with Gasteiger partial charge in [-0.3, -0.25) is 9.59 Å². The van der Waals surface area contributed by atoms with Gasteiger partial charge in [0.2, 0.25) is 0 Å². The number of aliphatic hydroxyl groups is 2. The third-order valence-electron chi connectivity index (χ3n) is 12.5. The highest BCUT2D eigenvalue weighted by molar-refractivity contribution is 5.90. The number of ether oxygens (including phenoxy) is 2. The Morgan fingerprint density at radius 2 is 1.27 bits per heavy atom. The molecule has 3 aliphatic heterocycles. The molecule has 9 nitrogen and oxygen atoms in total. The molecular weight excluding hydrogens is 562 g/mol. The number of ketones is 2. The number of nitrogens with one attached hydrogen (secondary N) is 1. The molecule has 8 unspecified atom stereocenters. The molecule has 3 heterocycles. The number of carbonyl (C=O) groups is 2. The van der Waals surface area contributed by atoms with Crippen LogP contribution in [0.15, 0.2) is 24.3 Å². The molecule has 2 spiro atoms. The first-order valence-electron chi connectivity index (χ1n) is 15.4. The van der Waals surface area contributed by atoms with Gasteiger partial charge in [0.05, 0.1) is 22.0 Å². The molecule has 0 aromatic heterocycles. The molecule has 5 aliphatic carbocycles. The molecule has 2 aromatic rings. The summed E-state index contributed by atoms with van der Waals surface area (Å²) in [4.78, 5) is 24.9. The molecule has 8 aliphatic rings. The predicted octanol–water partition coefficient (Wildman–Crippen LogP) is 3.52. The van der Waals surface area contributed by atoms with Gasteiger partial charge >= 0.3 is 0 Å². The Labute approximate surface area is 257 Å². The number of Topliss-reactive ketones (excluding diaryl/α,β-unsaturated/α-hetero) is 2. The molecule has 8 atom stereocenters. The molecule has 10 rings (SSSR count). The highest BCUT2D eigenvalue weighted by Gasteiger charge is 2.73. The van der Waals surface area contributed by atoms with Crippen LogP contribution in [0, 0.1) is 5.92 Å². The van der Waals surface area contributed by atoms with Crippen LogP contribution in [-0.2, 0) is 33.3 Å². The Kier molecular flexibility index (Phi) is 6.19. The summed E-state index contributed by atoms with van der Waals surface area (Å²) in [6.07, 6.45) is 5.46. The minimum absolute atomic E-state index is 0. The average Bonchev–Trinajstić information content (AvgIpc) is 3.50. The van der Waals surface area contributed by atoms with E-state index in [1.807, 2.05) is 12.1 Å². The Morgan fingerprint density at radius 1 is 0.727 bits per heavy atom. The molecule has 44 heavy (non-hydrogen) atoms. The quantitative estimate of drug-likeness (QED) is 0.305. The molecule has 2 aromatic carbocycles. The summed E-state index contributed by atoms with van der Waals surface area (Å²) in [6, 6.07) is 7.09. The van der Waals surface area contributed by atoms with Crippen molar-refractivity contribution >= 4 is 11.6 Å². The molecule has 5 N–H and O–H groups in total. The van der Waals surface area contributed by atoms with Gasteiger partial charge in [0.25, 0.3) is 0 Å². The number of piperidine rings is 1. The van der Waals surface area contributed by atoms with E-state index in [1.165, 1.54) is 0 Å². The van der Waals surface area contributed by atoms with Crippen molar-refractivity contribution in [2.75, 3.05) is 6.54 Å². The average molecular weight is 606 g/mol. The molecule has 3 saturated carbocycles. The first-order valence-corrected chi connectivity index (χ1v) is 15.4. The van der Waals surface area contributed by atoms with Gasteiger partial charge in [-0.05, 0) is 80.7 Å². The number of carbonyl (C=O) groups excluding carboxylic acids is 2. The van der Waals surface area contributed by atoms with Crippen molar-refractivity contribution in [3.8, 4) is 23.0 Å². The monoisotopic (exact) mass is 605 g/mol. The van der Waals surface area contributed by atoms with Crippen molar-refractivity contribution in [2.45, 2.75) is 119 Å². The van der Waals surface area contributed by atoms with Crippen LogP contribution in [0.3, 0.4) is 0 Å². The second kappa shape index (κ2) is 9.21. The summed E-state index contributed by atoms with van der Waals surface area (Å²) in [5, 5.41) is 46.7. The van der Waals surface area contributed by atoms with Crippen LogP contribution in [0.5, 0.6) is 23.0 Å². The van der Waals surface area contributed by atoms with Gasteiger partial charge in [0.15, 0.2) is 46.8 Å². The summed E-state index contributed by atoms with van der Waals surface area (Å²) >= 11 is 0. The maximum absolute atomic E-state index is 12.5. The predicted molar refractivity (Wildman–Crippen MR) is 161 cm³/mol. The SMILES string of the molecule is C.C.O=C1CCC2(O)C3CCCC24c2c(ccc(O)c2OC14)C3.O=C1CCC2(O)C3Cc4ccc(O)c5c4C2(CCN3)C1O5. The number of phenolic OH excluding ortho intramolecular Hbond substituents is 2. The smallest absolute Gasteiger partial charge is 0.174 e. The van der Waals surface area contributed by atoms with E-state index in [0.29, 0.717) is 50.0 Å². The zero-order valence-corrected chi connectivity index (χ0v) is 23.3. The zero-order chi connectivity index (χ0) is 28.8. The fraction of sp³-hybridized carbons (Fsp3) is 0.600. The van der Waals surface area contributed by atoms with E-state index in [4.69, 9.17) is 9.47 Å². The number of aromatic hydroxyl groups is 2. The van der Waals surface area contributed by atoms with Crippen LogP contribution in [-0.4, -0.2) is 68.0 Å². The van der Waals surface area contributed by atoms with Crippen LogP contribution in [0.1, 0.15) is 88.5 Å². The van der Waals surface area contributed by atoms with E-state index < -0.39 is 34.2 Å². The van der Waals surface area contributed by atoms with Gasteiger partial charge in [-0.25, -0.2) is 0 Å². The minimum atomic E-state index is -0.962. The molecule has 1 saturated heterocycles. The first kappa shape index (κ1) is 29.6. The topological polar surface area (TPSA) is 146 Å². The summed E-state index contributed by atoms with van der Waals surface area (Å²) < 4.78 is 11.8. The summed E-state index contributed by atoms with van der Waals surface area (Å²) in [6.45, 7) is 0.759. The fourth-order valence-corrected chi connectivity index (χ4v) is 10.9. The number of benzene rings is 2. The normalized spacial score (nSPS) is 40.5. The molecule has 4 fully saturated rings. The number of phenols is 2. The largest absolute Gasteiger partial charge is 0.504 e. The highest BCUT2D eigenvalue weighted by atomic mass is 16.5. The van der Waals surface area contributed by atoms with Crippen molar-refractivity contribution in [3.63, 3.8) is 0 Å². The molecule has 0 amide bonds. The second-order valence-electron chi connectivity index (χ2n) is 13.9. The van der Waals surface area contributed by atoms with Crippen molar-refractivity contribution < 1.29 is 39.5 Å². The van der Waals surface area contributed by atoms with E-state index in [2.05, 4.69) is 5.32 Å². The standard InChI is InChI=1S/C17H18O4.C16H17NO4.2CH4/c18-11-4-3-9-8-10-2-1-6-16-13(9)14(11)21-15(16)12(19)5-7-17(10,16)20;18-9-2-1-8-7-11-16(20)4-3-10(19)14-15(16,5-6-17-11)12(8)13(9)21-14;;/h3-4,10,15,18,20H,1-2,5-8H2;1-2,11,14,17-18,20H,3-7H2;2*1H4. The van der Waals surface area contributed by atoms with Gasteiger partial charge in [0.1, 0.15) is 0 Å². The van der Waals surface area contributed by atoms with Crippen molar-refractivity contribution in [1.29, 1.82) is 0 Å². The first-order chi connectivity index (χ1) is 20.2. The van der Waals surface area contributed by atoms with E-state index in [-0.39, 0.29) is 49.9 Å². The Bertz CT molecular complexity index is 1490. The van der Waals surface area contributed by atoms with Gasteiger partial charge in [-0.1, -0.05) is 33.4 Å². The third-order valence-corrected chi connectivity index (χ3v) is 12.5. The maximum atomic E-state index is 12.5. The number of hydrogen-bond acceptors (Lipinski definition) is 9. The van der Waals surface area contributed by atoms with E-state index >= 15 is 0 Å². The molecule has 0 radical (unpaired) electrons. The molecule has 9 heteroatoms. The summed E-state index contributed by atoms with van der Waals surface area (Å²) in [5.74, 6) is 1.36. The molecular formula is C35H43NO8. The second-order valence-corrected chi connectivity index (χ2v) is 13.9. The van der Waals surface area contributed by atoms with Crippen molar-refractivity contribution in [1.82, 2.24) is 5.32 Å². The lowest BCUT2D eigenvalue weighted by Crippen LogP contribution is -2.76. The van der Waals surface area contributed by atoms with Gasteiger partial charge < -0.3 is 35.2 Å². The van der Waals surface area contributed by atoms with Crippen molar-refractivity contribution in [3.05, 3.63) is 46.5 Å². The van der Waals surface area contributed by atoms with Crippen LogP contribution < -0.4 is 14.8 Å². The number of hydrogen-bond donors (Lipinski definition) is 5. The molecule has 4 bridgehead atoms. The Hall–Kier alpha value is -3.14. The maximum Gasteiger partial charge on any atom is 0.174 e. The van der Waals surface area contributed by atoms with Gasteiger partial charge in [-0.15, -0.1) is 0 Å². The van der Waals surface area contributed by atoms with E-state index in [1.54, 1.807) is 12.1 Å². The van der Waals surface area contributed by atoms with Crippen LogP contribution >= 0.6 is 0 Å². The summed E-state index contributed by atoms with van der Waals surface area (Å²) in [5.41, 5.74) is 0.939. The summed E-state index contributed by atoms with van der Waals surface area (Å²) in [7, 11) is 0. The van der Waals surface area contributed by atoms with Crippen molar-refractivity contribution in [2.24, 2.45) is 5.92 Å². The molecule has 236 valence electrons. The fourth-order valence-electron chi connectivity index (χ4n) is 10.9. The Morgan fingerprint density at radius 3 is 1.89 bits per heavy atom. The van der Waals surface area contributed by atoms with Gasteiger partial charge in [0, 0.05) is 30.0 Å². The highest BCUT2D eigenvalue weighted by Crippen LogP contribution is 2.67. The lowest BCUT2D eigenvalue weighted by Gasteiger charge is -2.59. The Balaban J connectivity index is 0.000000136. The van der Waals surface area contributed by atoms with E-state index in [0.717, 1.165) is 54.5 Å². The third kappa shape index (κ3) is 3.06.